The highest BCUT2D eigenvalue weighted by molar-refractivity contribution is 5.92. The van der Waals surface area contributed by atoms with Crippen LogP contribution in [0.25, 0.3) is 0 Å². The summed E-state index contributed by atoms with van der Waals surface area (Å²) in [5.41, 5.74) is 0.373. The van der Waals surface area contributed by atoms with Crippen LogP contribution in [0.4, 0.5) is 0 Å². The largest absolute Gasteiger partial charge is 0.463 e. The second-order valence-corrected chi connectivity index (χ2v) is 3.72. The Kier molecular flexibility index (Phi) is 4.68. The molecule has 1 atom stereocenters. The van der Waals surface area contributed by atoms with Crippen molar-refractivity contribution in [2.45, 2.75) is 25.9 Å². The van der Waals surface area contributed by atoms with E-state index in [4.69, 9.17) is 4.74 Å². The summed E-state index contributed by atoms with van der Waals surface area (Å²) in [6.07, 6.45) is -0.384. The van der Waals surface area contributed by atoms with Gasteiger partial charge in [-0.3, -0.25) is 9.59 Å². The Morgan fingerprint density at radius 1 is 1.59 bits per heavy atom. The van der Waals surface area contributed by atoms with E-state index in [9.17, 15) is 14.4 Å². The Labute approximate surface area is 99.0 Å². The molecular weight excluding hydrogens is 226 g/mol. The van der Waals surface area contributed by atoms with Crippen LogP contribution in [0, 0.1) is 0 Å². The van der Waals surface area contributed by atoms with E-state index in [1.54, 1.807) is 6.92 Å². The number of rotatable bonds is 5. The lowest BCUT2D eigenvalue weighted by molar-refractivity contribution is -0.160. The molecule has 1 aliphatic heterocycles. The predicted octanol–water partition coefficient (Wildman–Crippen LogP) is -0.0725. The Morgan fingerprint density at radius 2 is 2.29 bits per heavy atom. The van der Waals surface area contributed by atoms with Crippen LogP contribution in [0.3, 0.4) is 0 Å². The minimum atomic E-state index is -0.792. The third-order valence-electron chi connectivity index (χ3n) is 2.16. The second kappa shape index (κ2) is 6.03. The Hall–Kier alpha value is -1.85. The molecule has 0 aromatic carbocycles. The number of amides is 1. The molecule has 1 rings (SSSR count). The molecule has 6 heteroatoms. The predicted molar refractivity (Wildman–Crippen MR) is 57.9 cm³/mol. The molecule has 0 radical (unpaired) electrons. The number of carbonyl (C=O) groups is 3. The quantitative estimate of drug-likeness (QED) is 0.538. The van der Waals surface area contributed by atoms with Gasteiger partial charge in [0.15, 0.2) is 0 Å². The van der Waals surface area contributed by atoms with Crippen LogP contribution in [0.15, 0.2) is 12.2 Å². The number of cyclic esters (lactones) is 1. The average Bonchev–Trinajstić information content (AvgIpc) is 2.64. The smallest absolute Gasteiger partial charge is 0.347 e. The topological polar surface area (TPSA) is 81.7 Å². The molecule has 17 heavy (non-hydrogen) atoms. The van der Waals surface area contributed by atoms with Crippen molar-refractivity contribution in [2.75, 3.05) is 13.2 Å². The van der Waals surface area contributed by atoms with Gasteiger partial charge in [0.1, 0.15) is 0 Å². The molecule has 0 aromatic heterocycles. The third-order valence-corrected chi connectivity index (χ3v) is 2.16. The average molecular weight is 241 g/mol. The molecule has 1 unspecified atom stereocenters. The molecule has 0 saturated carbocycles. The first kappa shape index (κ1) is 13.2. The van der Waals surface area contributed by atoms with Gasteiger partial charge in [0.2, 0.25) is 12.0 Å². The summed E-state index contributed by atoms with van der Waals surface area (Å²) in [6.45, 7) is 5.47. The van der Waals surface area contributed by atoms with Crippen LogP contribution in [0.5, 0.6) is 0 Å². The summed E-state index contributed by atoms with van der Waals surface area (Å²) in [5, 5.41) is 2.49. The Bertz CT molecular complexity index is 350. The van der Waals surface area contributed by atoms with E-state index in [0.29, 0.717) is 12.0 Å². The summed E-state index contributed by atoms with van der Waals surface area (Å²) in [5.74, 6) is -1.35. The molecule has 0 aromatic rings. The SMILES string of the molecule is C=C(C)C(=O)NCCC(=O)OC1CCOC1=O. The normalized spacial score (nSPS) is 18.4. The van der Waals surface area contributed by atoms with Gasteiger partial charge in [-0.1, -0.05) is 6.58 Å². The van der Waals surface area contributed by atoms with Gasteiger partial charge in [0.25, 0.3) is 0 Å². The molecule has 1 fully saturated rings. The van der Waals surface area contributed by atoms with Crippen LogP contribution in [-0.2, 0) is 23.9 Å². The number of esters is 2. The van der Waals surface area contributed by atoms with E-state index in [-0.39, 0.29) is 25.5 Å². The first-order valence-corrected chi connectivity index (χ1v) is 5.30. The first-order valence-electron chi connectivity index (χ1n) is 5.30. The monoisotopic (exact) mass is 241 g/mol. The highest BCUT2D eigenvalue weighted by Crippen LogP contribution is 2.10. The lowest BCUT2D eigenvalue weighted by Gasteiger charge is -2.08. The number of ether oxygens (including phenoxy) is 2. The fraction of sp³-hybridized carbons (Fsp3) is 0.545. The third kappa shape index (κ3) is 4.26. The highest BCUT2D eigenvalue weighted by Gasteiger charge is 2.29. The van der Waals surface area contributed by atoms with Crippen molar-refractivity contribution in [3.8, 4) is 0 Å². The minimum Gasteiger partial charge on any atom is -0.463 e. The van der Waals surface area contributed by atoms with Crippen molar-refractivity contribution in [1.29, 1.82) is 0 Å². The molecule has 1 aliphatic rings. The molecule has 0 spiro atoms. The molecular formula is C11H15NO5. The van der Waals surface area contributed by atoms with Gasteiger partial charge < -0.3 is 14.8 Å². The fourth-order valence-corrected chi connectivity index (χ4v) is 1.23. The molecule has 0 bridgehead atoms. The van der Waals surface area contributed by atoms with Gasteiger partial charge in [-0.2, -0.15) is 0 Å². The second-order valence-electron chi connectivity index (χ2n) is 3.72. The summed E-state index contributed by atoms with van der Waals surface area (Å²) in [6, 6.07) is 0. The van der Waals surface area contributed by atoms with E-state index in [1.165, 1.54) is 0 Å². The Morgan fingerprint density at radius 3 is 2.82 bits per heavy atom. The molecule has 1 amide bonds. The highest BCUT2D eigenvalue weighted by atomic mass is 16.6. The van der Waals surface area contributed by atoms with E-state index in [1.807, 2.05) is 0 Å². The Balaban J connectivity index is 2.19. The standard InChI is InChI=1S/C11H15NO5/c1-7(2)10(14)12-5-3-9(13)17-8-4-6-16-11(8)15/h8H,1,3-6H2,2H3,(H,12,14). The summed E-state index contributed by atoms with van der Waals surface area (Å²) >= 11 is 0. The van der Waals surface area contributed by atoms with Crippen molar-refractivity contribution in [1.82, 2.24) is 5.32 Å². The number of nitrogens with one attached hydrogen (secondary N) is 1. The van der Waals surface area contributed by atoms with Crippen LogP contribution >= 0.6 is 0 Å². The van der Waals surface area contributed by atoms with Gasteiger partial charge in [0.05, 0.1) is 13.0 Å². The van der Waals surface area contributed by atoms with Crippen molar-refractivity contribution in [2.24, 2.45) is 0 Å². The van der Waals surface area contributed by atoms with Gasteiger partial charge in [-0.15, -0.1) is 0 Å². The molecule has 6 nitrogen and oxygen atoms in total. The van der Waals surface area contributed by atoms with Crippen molar-refractivity contribution >= 4 is 17.8 Å². The van der Waals surface area contributed by atoms with Gasteiger partial charge >= 0.3 is 11.9 Å². The molecule has 94 valence electrons. The zero-order valence-electron chi connectivity index (χ0n) is 9.65. The van der Waals surface area contributed by atoms with E-state index in [2.05, 4.69) is 16.6 Å². The summed E-state index contributed by atoms with van der Waals surface area (Å²) < 4.78 is 9.52. The van der Waals surface area contributed by atoms with Crippen molar-refractivity contribution < 1.29 is 23.9 Å². The zero-order valence-corrected chi connectivity index (χ0v) is 9.65. The molecule has 1 saturated heterocycles. The van der Waals surface area contributed by atoms with Gasteiger partial charge in [-0.05, 0) is 6.92 Å². The van der Waals surface area contributed by atoms with Gasteiger partial charge in [-0.25, -0.2) is 4.79 Å². The van der Waals surface area contributed by atoms with E-state index >= 15 is 0 Å². The summed E-state index contributed by atoms with van der Waals surface area (Å²) in [7, 11) is 0. The minimum absolute atomic E-state index is 0.0167. The number of hydrogen-bond acceptors (Lipinski definition) is 5. The lowest BCUT2D eigenvalue weighted by atomic mass is 10.3. The maximum Gasteiger partial charge on any atom is 0.347 e. The van der Waals surface area contributed by atoms with Gasteiger partial charge in [0, 0.05) is 18.5 Å². The molecule has 1 N–H and O–H groups in total. The van der Waals surface area contributed by atoms with Crippen molar-refractivity contribution in [3.63, 3.8) is 0 Å². The fourth-order valence-electron chi connectivity index (χ4n) is 1.23. The maximum absolute atomic E-state index is 11.3. The van der Waals surface area contributed by atoms with E-state index < -0.39 is 18.0 Å². The number of hydrogen-bond donors (Lipinski definition) is 1. The molecule has 0 aliphatic carbocycles. The van der Waals surface area contributed by atoms with Crippen molar-refractivity contribution in [3.05, 3.63) is 12.2 Å². The van der Waals surface area contributed by atoms with Crippen LogP contribution in [0.2, 0.25) is 0 Å². The van der Waals surface area contributed by atoms with Crippen LogP contribution < -0.4 is 5.32 Å². The zero-order chi connectivity index (χ0) is 12.8. The number of carbonyl (C=O) groups excluding carboxylic acids is 3. The van der Waals surface area contributed by atoms with Crippen LogP contribution in [0.1, 0.15) is 19.8 Å². The molecule has 1 heterocycles. The summed E-state index contributed by atoms with van der Waals surface area (Å²) in [4.78, 5) is 33.4. The lowest BCUT2D eigenvalue weighted by Crippen LogP contribution is -2.29. The maximum atomic E-state index is 11.3. The first-order chi connectivity index (χ1) is 8.00. The van der Waals surface area contributed by atoms with Crippen LogP contribution in [-0.4, -0.2) is 37.1 Å². The van der Waals surface area contributed by atoms with E-state index in [0.717, 1.165) is 0 Å².